The van der Waals surface area contributed by atoms with Gasteiger partial charge in [0.2, 0.25) is 10.0 Å². The summed E-state index contributed by atoms with van der Waals surface area (Å²) in [7, 11) is -3.40. The molecule has 0 radical (unpaired) electrons. The van der Waals surface area contributed by atoms with Gasteiger partial charge in [-0.2, -0.15) is 4.31 Å². The zero-order chi connectivity index (χ0) is 18.4. The Labute approximate surface area is 160 Å². The van der Waals surface area contributed by atoms with Gasteiger partial charge in [0.05, 0.1) is 11.1 Å². The predicted octanol–water partition coefficient (Wildman–Crippen LogP) is 1.82. The summed E-state index contributed by atoms with van der Waals surface area (Å²) in [5.74, 6) is 0.826. The smallest absolute Gasteiger partial charge is 0.220 e. The van der Waals surface area contributed by atoms with Crippen molar-refractivity contribution in [3.8, 4) is 0 Å². The molecule has 0 spiro atoms. The first kappa shape index (κ1) is 17.1. The highest BCUT2D eigenvalue weighted by Crippen LogP contribution is 2.40. The predicted molar refractivity (Wildman–Crippen MR) is 102 cm³/mol. The van der Waals surface area contributed by atoms with Crippen molar-refractivity contribution in [3.63, 3.8) is 0 Å². The van der Waals surface area contributed by atoms with Crippen molar-refractivity contribution in [2.24, 2.45) is 0 Å². The molecule has 0 unspecified atom stereocenters. The minimum Gasteiger partial charge on any atom is -0.364 e. The number of fused-ring (bicyclic) bond motifs is 3. The van der Waals surface area contributed by atoms with Crippen molar-refractivity contribution in [3.05, 3.63) is 34.8 Å². The second-order valence-corrected chi connectivity index (χ2v) is 9.92. The maximum absolute atomic E-state index is 12.6. The van der Waals surface area contributed by atoms with Gasteiger partial charge in [-0.15, -0.1) is 11.3 Å². The lowest BCUT2D eigenvalue weighted by molar-refractivity contribution is 0.381. The topological polar surface area (TPSA) is 92.4 Å². The lowest BCUT2D eigenvalue weighted by Crippen LogP contribution is -2.49. The Balaban J connectivity index is 1.36. The summed E-state index contributed by atoms with van der Waals surface area (Å²) < 4.78 is 31.5. The molecule has 8 nitrogen and oxygen atoms in total. The Morgan fingerprint density at radius 3 is 2.78 bits per heavy atom. The van der Waals surface area contributed by atoms with Crippen LogP contribution in [0.25, 0.3) is 10.2 Å². The fourth-order valence-corrected chi connectivity index (χ4v) is 6.57. The molecule has 1 aliphatic heterocycles. The van der Waals surface area contributed by atoms with Crippen molar-refractivity contribution in [2.75, 3.05) is 31.1 Å². The van der Waals surface area contributed by atoms with E-state index in [9.17, 15) is 8.42 Å². The van der Waals surface area contributed by atoms with Crippen molar-refractivity contribution < 1.29 is 12.9 Å². The first-order chi connectivity index (χ1) is 13.1. The molecular formula is C17H19N5O3S2. The zero-order valence-corrected chi connectivity index (χ0v) is 16.3. The summed E-state index contributed by atoms with van der Waals surface area (Å²) in [6, 6.07) is 1.59. The number of rotatable bonds is 4. The van der Waals surface area contributed by atoms with Crippen LogP contribution in [0.15, 0.2) is 23.2 Å². The van der Waals surface area contributed by atoms with Crippen molar-refractivity contribution in [1.29, 1.82) is 0 Å². The van der Waals surface area contributed by atoms with Gasteiger partial charge in [0.1, 0.15) is 29.0 Å². The molecule has 10 heteroatoms. The van der Waals surface area contributed by atoms with Crippen molar-refractivity contribution >= 4 is 37.4 Å². The molecule has 0 saturated carbocycles. The van der Waals surface area contributed by atoms with E-state index in [1.54, 1.807) is 23.7 Å². The Hall–Kier alpha value is -2.04. The largest absolute Gasteiger partial charge is 0.364 e. The third kappa shape index (κ3) is 3.01. The maximum Gasteiger partial charge on any atom is 0.220 e. The normalized spacial score (nSPS) is 18.3. The number of anilines is 1. The van der Waals surface area contributed by atoms with Crippen LogP contribution in [-0.4, -0.2) is 54.0 Å². The van der Waals surface area contributed by atoms with E-state index in [0.29, 0.717) is 31.9 Å². The van der Waals surface area contributed by atoms with E-state index in [2.05, 4.69) is 20.0 Å². The molecule has 4 heterocycles. The molecule has 1 aliphatic carbocycles. The highest BCUT2D eigenvalue weighted by molar-refractivity contribution is 7.88. The molecule has 0 bridgehead atoms. The lowest BCUT2D eigenvalue weighted by Gasteiger charge is -2.34. The molecule has 27 heavy (non-hydrogen) atoms. The fraction of sp³-hybridized carbons (Fsp3) is 0.471. The van der Waals surface area contributed by atoms with Gasteiger partial charge in [0.15, 0.2) is 0 Å². The number of aryl methyl sites for hydroxylation is 2. The van der Waals surface area contributed by atoms with Crippen molar-refractivity contribution in [2.45, 2.75) is 25.0 Å². The van der Waals surface area contributed by atoms with Crippen LogP contribution >= 0.6 is 11.3 Å². The van der Waals surface area contributed by atoms with Gasteiger partial charge in [0, 0.05) is 37.1 Å². The van der Waals surface area contributed by atoms with Gasteiger partial charge in [-0.3, -0.25) is 0 Å². The Bertz CT molecular complexity index is 1070. The van der Waals surface area contributed by atoms with Gasteiger partial charge in [0.25, 0.3) is 0 Å². The number of sulfonamides is 1. The van der Waals surface area contributed by atoms with Gasteiger partial charge in [-0.1, -0.05) is 5.16 Å². The minimum atomic E-state index is -3.40. The van der Waals surface area contributed by atoms with E-state index < -0.39 is 10.0 Å². The Kier molecular flexibility index (Phi) is 4.14. The average Bonchev–Trinajstić information content (AvgIpc) is 3.38. The minimum absolute atomic E-state index is 0.126. The second kappa shape index (κ2) is 6.54. The van der Waals surface area contributed by atoms with E-state index in [1.165, 1.54) is 32.8 Å². The SMILES string of the molecule is O=S(=O)(Cc1ccon1)N1CCN(c2ncnc3sc4c(c23)CCC4)CC1. The molecule has 2 aliphatic rings. The van der Waals surface area contributed by atoms with Gasteiger partial charge >= 0.3 is 0 Å². The number of hydrogen-bond donors (Lipinski definition) is 0. The Morgan fingerprint density at radius 2 is 2.00 bits per heavy atom. The monoisotopic (exact) mass is 405 g/mol. The van der Waals surface area contributed by atoms with Crippen LogP contribution in [0, 0.1) is 0 Å². The maximum atomic E-state index is 12.6. The van der Waals surface area contributed by atoms with Crippen molar-refractivity contribution in [1.82, 2.24) is 19.4 Å². The van der Waals surface area contributed by atoms with Crippen LogP contribution < -0.4 is 4.90 Å². The highest BCUT2D eigenvalue weighted by atomic mass is 32.2. The fourth-order valence-electron chi connectivity index (χ4n) is 3.92. The Morgan fingerprint density at radius 1 is 1.15 bits per heavy atom. The molecule has 1 saturated heterocycles. The highest BCUT2D eigenvalue weighted by Gasteiger charge is 2.30. The zero-order valence-electron chi connectivity index (χ0n) is 14.7. The van der Waals surface area contributed by atoms with Gasteiger partial charge in [-0.05, 0) is 24.8 Å². The summed E-state index contributed by atoms with van der Waals surface area (Å²) in [4.78, 5) is 13.7. The van der Waals surface area contributed by atoms with Crippen LogP contribution in [0.4, 0.5) is 5.82 Å². The van der Waals surface area contributed by atoms with E-state index in [0.717, 1.165) is 23.5 Å². The molecule has 0 atom stereocenters. The summed E-state index contributed by atoms with van der Waals surface area (Å²) in [5, 5.41) is 4.89. The second-order valence-electron chi connectivity index (χ2n) is 6.87. The molecule has 3 aromatic rings. The van der Waals surface area contributed by atoms with E-state index in [1.807, 2.05) is 0 Å². The summed E-state index contributed by atoms with van der Waals surface area (Å²) >= 11 is 1.77. The molecule has 1 fully saturated rings. The van der Waals surface area contributed by atoms with Crippen LogP contribution in [0.3, 0.4) is 0 Å². The number of aromatic nitrogens is 3. The standard InChI is InChI=1S/C17H19N5O3S2/c23-27(24,10-12-4-9-25-20-12)22-7-5-21(6-8-22)16-15-13-2-1-3-14(13)26-17(15)19-11-18-16/h4,9,11H,1-3,5-8,10H2. The van der Waals surface area contributed by atoms with Gasteiger partial charge in [-0.25, -0.2) is 18.4 Å². The van der Waals surface area contributed by atoms with Crippen LogP contribution in [-0.2, 0) is 28.6 Å². The number of hydrogen-bond acceptors (Lipinski definition) is 8. The number of piperazine rings is 1. The number of thiophene rings is 1. The molecule has 0 N–H and O–H groups in total. The molecule has 3 aromatic heterocycles. The number of nitrogens with zero attached hydrogens (tertiary/aromatic N) is 5. The van der Waals surface area contributed by atoms with Crippen LogP contribution in [0.2, 0.25) is 0 Å². The van der Waals surface area contributed by atoms with E-state index in [-0.39, 0.29) is 5.75 Å². The van der Waals surface area contributed by atoms with E-state index in [4.69, 9.17) is 4.52 Å². The summed E-state index contributed by atoms with van der Waals surface area (Å²) in [5.41, 5.74) is 1.83. The van der Waals surface area contributed by atoms with Crippen LogP contribution in [0.1, 0.15) is 22.6 Å². The third-order valence-electron chi connectivity index (χ3n) is 5.23. The molecule has 5 rings (SSSR count). The summed E-state index contributed by atoms with van der Waals surface area (Å²) in [6.07, 6.45) is 6.42. The molecular weight excluding hydrogens is 386 g/mol. The first-order valence-electron chi connectivity index (χ1n) is 8.99. The lowest BCUT2D eigenvalue weighted by atomic mass is 10.1. The molecule has 0 amide bonds. The molecule has 0 aromatic carbocycles. The first-order valence-corrected chi connectivity index (χ1v) is 11.4. The van der Waals surface area contributed by atoms with Crippen LogP contribution in [0.5, 0.6) is 0 Å². The van der Waals surface area contributed by atoms with E-state index >= 15 is 0 Å². The summed E-state index contributed by atoms with van der Waals surface area (Å²) in [6.45, 7) is 2.12. The average molecular weight is 406 g/mol. The van der Waals surface area contributed by atoms with Gasteiger partial charge < -0.3 is 9.42 Å². The molecule has 142 valence electrons. The quantitative estimate of drug-likeness (QED) is 0.654. The third-order valence-corrected chi connectivity index (χ3v) is 8.25.